The Labute approximate surface area is 94.9 Å². The number of hydrogen-bond donors (Lipinski definition) is 1. The Morgan fingerprint density at radius 2 is 2.12 bits per heavy atom. The van der Waals surface area contributed by atoms with E-state index >= 15 is 0 Å². The van der Waals surface area contributed by atoms with Crippen LogP contribution in [0.2, 0.25) is 0 Å². The van der Waals surface area contributed by atoms with Crippen LogP contribution in [0.15, 0.2) is 18.2 Å². The summed E-state index contributed by atoms with van der Waals surface area (Å²) in [7, 11) is 0. The molecule has 4 nitrogen and oxygen atoms in total. The van der Waals surface area contributed by atoms with Crippen LogP contribution in [0.1, 0.15) is 13.3 Å². The van der Waals surface area contributed by atoms with Crippen molar-refractivity contribution in [3.05, 3.63) is 18.2 Å². The molecule has 0 bridgehead atoms. The van der Waals surface area contributed by atoms with Crippen molar-refractivity contribution in [2.24, 2.45) is 5.73 Å². The van der Waals surface area contributed by atoms with Crippen molar-refractivity contribution in [1.82, 2.24) is 0 Å². The van der Waals surface area contributed by atoms with Crippen molar-refractivity contribution >= 4 is 5.69 Å². The van der Waals surface area contributed by atoms with E-state index in [1.165, 1.54) is 5.69 Å². The van der Waals surface area contributed by atoms with Crippen LogP contribution in [0.25, 0.3) is 0 Å². The summed E-state index contributed by atoms with van der Waals surface area (Å²) in [6, 6.07) is 6.06. The van der Waals surface area contributed by atoms with Crippen LogP contribution in [0.3, 0.4) is 0 Å². The molecule has 0 amide bonds. The molecule has 0 saturated carbocycles. The number of ether oxygens (including phenoxy) is 2. The number of benzene rings is 1. The summed E-state index contributed by atoms with van der Waals surface area (Å²) in [5.41, 5.74) is 7.21. The van der Waals surface area contributed by atoms with E-state index in [1.54, 1.807) is 0 Å². The van der Waals surface area contributed by atoms with E-state index < -0.39 is 0 Å². The molecule has 0 spiro atoms. The SMILES string of the molecule is CC1(N)CCN(c2ccc3c(c2)OCO3)C1. The number of nitrogens with zero attached hydrogens (tertiary/aromatic N) is 1. The van der Waals surface area contributed by atoms with Crippen LogP contribution in [0.4, 0.5) is 5.69 Å². The van der Waals surface area contributed by atoms with Crippen LogP contribution in [0, 0.1) is 0 Å². The molecule has 2 aliphatic rings. The average Bonchev–Trinajstić information content (AvgIpc) is 2.82. The molecule has 2 aliphatic heterocycles. The Kier molecular flexibility index (Phi) is 2.01. The maximum atomic E-state index is 6.12. The van der Waals surface area contributed by atoms with Gasteiger partial charge in [0.2, 0.25) is 6.79 Å². The highest BCUT2D eigenvalue weighted by atomic mass is 16.7. The molecule has 3 rings (SSSR count). The van der Waals surface area contributed by atoms with E-state index in [2.05, 4.69) is 17.9 Å². The zero-order valence-corrected chi connectivity index (χ0v) is 9.40. The van der Waals surface area contributed by atoms with Gasteiger partial charge in [-0.1, -0.05) is 0 Å². The van der Waals surface area contributed by atoms with Crippen molar-refractivity contribution in [3.63, 3.8) is 0 Å². The predicted octanol–water partition coefficient (Wildman–Crippen LogP) is 1.34. The Morgan fingerprint density at radius 1 is 1.31 bits per heavy atom. The Hall–Kier alpha value is -1.42. The molecule has 1 unspecified atom stereocenters. The maximum absolute atomic E-state index is 6.12. The van der Waals surface area contributed by atoms with Gasteiger partial charge in [-0.3, -0.25) is 0 Å². The summed E-state index contributed by atoms with van der Waals surface area (Å²) in [5.74, 6) is 1.67. The zero-order chi connectivity index (χ0) is 11.2. The normalized spacial score (nSPS) is 27.5. The largest absolute Gasteiger partial charge is 0.454 e. The van der Waals surface area contributed by atoms with Gasteiger partial charge in [0.15, 0.2) is 11.5 Å². The molecule has 0 radical (unpaired) electrons. The molecular weight excluding hydrogens is 204 g/mol. The fourth-order valence-corrected chi connectivity index (χ4v) is 2.29. The van der Waals surface area contributed by atoms with Gasteiger partial charge in [0, 0.05) is 30.4 Å². The van der Waals surface area contributed by atoms with Crippen LogP contribution < -0.4 is 20.1 Å². The number of fused-ring (bicyclic) bond motifs is 1. The second-order valence-electron chi connectivity index (χ2n) is 4.86. The molecule has 16 heavy (non-hydrogen) atoms. The summed E-state index contributed by atoms with van der Waals surface area (Å²) < 4.78 is 10.7. The number of rotatable bonds is 1. The summed E-state index contributed by atoms with van der Waals surface area (Å²) in [6.45, 7) is 4.33. The molecule has 1 saturated heterocycles. The van der Waals surface area contributed by atoms with Crippen molar-refractivity contribution in [2.75, 3.05) is 24.8 Å². The Balaban J connectivity index is 1.85. The quantitative estimate of drug-likeness (QED) is 0.776. The predicted molar refractivity (Wildman–Crippen MR) is 62.0 cm³/mol. The van der Waals surface area contributed by atoms with E-state index in [1.807, 2.05) is 12.1 Å². The first-order valence-electron chi connectivity index (χ1n) is 5.58. The first-order valence-corrected chi connectivity index (χ1v) is 5.58. The first-order chi connectivity index (χ1) is 7.64. The van der Waals surface area contributed by atoms with Crippen molar-refractivity contribution < 1.29 is 9.47 Å². The summed E-state index contributed by atoms with van der Waals surface area (Å²) in [6.07, 6.45) is 1.03. The van der Waals surface area contributed by atoms with Gasteiger partial charge in [0.25, 0.3) is 0 Å². The van der Waals surface area contributed by atoms with Gasteiger partial charge < -0.3 is 20.1 Å². The zero-order valence-electron chi connectivity index (χ0n) is 9.40. The highest BCUT2D eigenvalue weighted by Gasteiger charge is 2.30. The maximum Gasteiger partial charge on any atom is 0.231 e. The standard InChI is InChI=1S/C12H16N2O2/c1-12(13)4-5-14(7-12)9-2-3-10-11(6-9)16-8-15-10/h2-3,6H,4-5,7-8,13H2,1H3. The summed E-state index contributed by atoms with van der Waals surface area (Å²) in [5, 5.41) is 0. The third-order valence-corrected chi connectivity index (χ3v) is 3.23. The second kappa shape index (κ2) is 3.28. The minimum Gasteiger partial charge on any atom is -0.454 e. The molecule has 4 heteroatoms. The van der Waals surface area contributed by atoms with Gasteiger partial charge in [-0.15, -0.1) is 0 Å². The first kappa shape index (κ1) is 9.78. The van der Waals surface area contributed by atoms with E-state index in [0.29, 0.717) is 6.79 Å². The molecule has 2 N–H and O–H groups in total. The second-order valence-corrected chi connectivity index (χ2v) is 4.86. The van der Waals surface area contributed by atoms with E-state index in [0.717, 1.165) is 31.0 Å². The van der Waals surface area contributed by atoms with Crippen LogP contribution >= 0.6 is 0 Å². The molecule has 2 heterocycles. The van der Waals surface area contributed by atoms with Crippen LogP contribution in [-0.2, 0) is 0 Å². The molecule has 86 valence electrons. The van der Waals surface area contributed by atoms with E-state index in [4.69, 9.17) is 15.2 Å². The van der Waals surface area contributed by atoms with E-state index in [-0.39, 0.29) is 5.54 Å². The molecular formula is C12H16N2O2. The third kappa shape index (κ3) is 1.59. The molecule has 1 aromatic rings. The van der Waals surface area contributed by atoms with Crippen molar-refractivity contribution in [3.8, 4) is 11.5 Å². The number of nitrogens with two attached hydrogens (primary N) is 1. The van der Waals surface area contributed by atoms with Gasteiger partial charge in [0.1, 0.15) is 0 Å². The van der Waals surface area contributed by atoms with Crippen molar-refractivity contribution in [2.45, 2.75) is 18.9 Å². The monoisotopic (exact) mass is 220 g/mol. The lowest BCUT2D eigenvalue weighted by Crippen LogP contribution is -2.39. The van der Waals surface area contributed by atoms with Crippen molar-refractivity contribution in [1.29, 1.82) is 0 Å². The Bertz CT molecular complexity index is 417. The lowest BCUT2D eigenvalue weighted by molar-refractivity contribution is 0.174. The highest BCUT2D eigenvalue weighted by Crippen LogP contribution is 2.36. The van der Waals surface area contributed by atoms with E-state index in [9.17, 15) is 0 Å². The third-order valence-electron chi connectivity index (χ3n) is 3.23. The topological polar surface area (TPSA) is 47.7 Å². The Morgan fingerprint density at radius 3 is 2.88 bits per heavy atom. The van der Waals surface area contributed by atoms with Crippen LogP contribution in [-0.4, -0.2) is 25.4 Å². The fraction of sp³-hybridized carbons (Fsp3) is 0.500. The lowest BCUT2D eigenvalue weighted by atomic mass is 10.0. The lowest BCUT2D eigenvalue weighted by Gasteiger charge is -2.21. The highest BCUT2D eigenvalue weighted by molar-refractivity contribution is 5.58. The smallest absolute Gasteiger partial charge is 0.231 e. The summed E-state index contributed by atoms with van der Waals surface area (Å²) >= 11 is 0. The number of anilines is 1. The molecule has 1 fully saturated rings. The molecule has 0 aliphatic carbocycles. The van der Waals surface area contributed by atoms with Gasteiger partial charge in [-0.2, -0.15) is 0 Å². The molecule has 1 atom stereocenters. The van der Waals surface area contributed by atoms with Gasteiger partial charge in [0.05, 0.1) is 0 Å². The fourth-order valence-electron chi connectivity index (χ4n) is 2.29. The molecule has 1 aromatic carbocycles. The number of hydrogen-bond acceptors (Lipinski definition) is 4. The van der Waals surface area contributed by atoms with Gasteiger partial charge >= 0.3 is 0 Å². The minimum atomic E-state index is -0.0730. The van der Waals surface area contributed by atoms with Crippen LogP contribution in [0.5, 0.6) is 11.5 Å². The van der Waals surface area contributed by atoms with Gasteiger partial charge in [-0.05, 0) is 25.5 Å². The van der Waals surface area contributed by atoms with Gasteiger partial charge in [-0.25, -0.2) is 0 Å². The summed E-state index contributed by atoms with van der Waals surface area (Å²) in [4.78, 5) is 2.29. The average molecular weight is 220 g/mol. The molecule has 0 aromatic heterocycles. The minimum absolute atomic E-state index is 0.0730.